The fourth-order valence-electron chi connectivity index (χ4n) is 4.28. The van der Waals surface area contributed by atoms with Crippen molar-refractivity contribution in [2.24, 2.45) is 0 Å². The summed E-state index contributed by atoms with van der Waals surface area (Å²) in [6, 6.07) is 9.93. The van der Waals surface area contributed by atoms with Gasteiger partial charge in [0.2, 0.25) is 11.6 Å². The van der Waals surface area contributed by atoms with Gasteiger partial charge in [-0.3, -0.25) is 0 Å². The number of hydrogen-bond donors (Lipinski definition) is 0. The van der Waals surface area contributed by atoms with Gasteiger partial charge in [0.25, 0.3) is 0 Å². The maximum Gasteiger partial charge on any atom is 0.220 e. The fraction of sp³-hybridized carbons (Fsp3) is 0.786. The highest BCUT2D eigenvalue weighted by Gasteiger charge is 2.63. The van der Waals surface area contributed by atoms with Gasteiger partial charge < -0.3 is 42.3 Å². The molecule has 0 bridgehead atoms. The Bertz CT molecular complexity index is 864. The Kier molecular flexibility index (Phi) is 10.6. The molecule has 3 rings (SSSR count). The van der Waals surface area contributed by atoms with Gasteiger partial charge in [0, 0.05) is 20.8 Å². The molecule has 2 saturated heterocycles. The Morgan fingerprint density at radius 2 is 1.53 bits per heavy atom. The standard InChI is InChI=1S/C28H48O9Si/c1-11-31-19-33-22-21(18-34-38(9,10)26(2,3)4)35-25(32-17-20-15-13-12-14-16-20)24-23(22)36-27(5,29-7)28(6,30-8)37-24/h12-16,21-25H,11,17-19H2,1-10H3/t21-,22-,23+,24-,25+,27-,28-/m1/s1. The Labute approximate surface area is 229 Å². The smallest absolute Gasteiger partial charge is 0.220 e. The molecule has 2 heterocycles. The van der Waals surface area contributed by atoms with Crippen LogP contribution in [0.25, 0.3) is 0 Å². The summed E-state index contributed by atoms with van der Waals surface area (Å²) in [6.45, 7) is 17.8. The fourth-order valence-corrected chi connectivity index (χ4v) is 5.29. The molecule has 7 atom stereocenters. The first-order valence-electron chi connectivity index (χ1n) is 13.4. The SMILES string of the molecule is CCOCO[C@H]1[C@@H]2O[C@@](C)(OC)[C@](C)(OC)O[C@H]2[C@@H](OCc2ccccc2)O[C@@H]1CO[Si](C)(C)C(C)(C)C. The van der Waals surface area contributed by atoms with E-state index in [1.807, 2.05) is 37.3 Å². The van der Waals surface area contributed by atoms with Crippen LogP contribution in [0.5, 0.6) is 0 Å². The third-order valence-electron chi connectivity index (χ3n) is 8.14. The first-order valence-corrected chi connectivity index (χ1v) is 16.3. The molecule has 38 heavy (non-hydrogen) atoms. The molecule has 0 saturated carbocycles. The van der Waals surface area contributed by atoms with Crippen LogP contribution in [-0.2, 0) is 48.9 Å². The van der Waals surface area contributed by atoms with E-state index >= 15 is 0 Å². The van der Waals surface area contributed by atoms with Gasteiger partial charge in [-0.15, -0.1) is 0 Å². The number of benzene rings is 1. The molecule has 2 aliphatic heterocycles. The number of methoxy groups -OCH3 is 2. The van der Waals surface area contributed by atoms with E-state index in [2.05, 4.69) is 33.9 Å². The summed E-state index contributed by atoms with van der Waals surface area (Å²) in [5.41, 5.74) is 1.02. The first-order chi connectivity index (χ1) is 17.8. The number of hydrogen-bond acceptors (Lipinski definition) is 9. The highest BCUT2D eigenvalue weighted by Crippen LogP contribution is 2.45. The van der Waals surface area contributed by atoms with E-state index in [9.17, 15) is 0 Å². The second-order valence-corrected chi connectivity index (χ2v) is 16.4. The van der Waals surface area contributed by atoms with Gasteiger partial charge in [-0.25, -0.2) is 0 Å². The van der Waals surface area contributed by atoms with Crippen molar-refractivity contribution in [1.29, 1.82) is 0 Å². The lowest BCUT2D eigenvalue weighted by molar-refractivity contribution is -0.487. The second-order valence-electron chi connectivity index (χ2n) is 11.6. The van der Waals surface area contributed by atoms with Gasteiger partial charge in [-0.2, -0.15) is 0 Å². The highest BCUT2D eigenvalue weighted by atomic mass is 28.4. The predicted octanol–water partition coefficient (Wildman–Crippen LogP) is 4.84. The van der Waals surface area contributed by atoms with Crippen LogP contribution in [0.3, 0.4) is 0 Å². The maximum absolute atomic E-state index is 6.63. The predicted molar refractivity (Wildman–Crippen MR) is 145 cm³/mol. The third-order valence-corrected chi connectivity index (χ3v) is 12.6. The van der Waals surface area contributed by atoms with Crippen molar-refractivity contribution in [2.45, 2.75) is 109 Å². The molecule has 1 aromatic carbocycles. The monoisotopic (exact) mass is 556 g/mol. The molecular weight excluding hydrogens is 508 g/mol. The zero-order valence-corrected chi connectivity index (χ0v) is 25.8. The van der Waals surface area contributed by atoms with Crippen molar-refractivity contribution in [1.82, 2.24) is 0 Å². The van der Waals surface area contributed by atoms with Crippen molar-refractivity contribution in [3.63, 3.8) is 0 Å². The Morgan fingerprint density at radius 1 is 0.921 bits per heavy atom. The van der Waals surface area contributed by atoms with Crippen LogP contribution < -0.4 is 0 Å². The van der Waals surface area contributed by atoms with Crippen molar-refractivity contribution >= 4 is 8.32 Å². The minimum absolute atomic E-state index is 0.0362. The summed E-state index contributed by atoms with van der Waals surface area (Å²) in [6.07, 6.45) is -3.10. The topological polar surface area (TPSA) is 83.1 Å². The summed E-state index contributed by atoms with van der Waals surface area (Å²) in [4.78, 5) is 0. The summed E-state index contributed by atoms with van der Waals surface area (Å²) in [7, 11) is 1.04. The molecule has 0 spiro atoms. The van der Waals surface area contributed by atoms with E-state index < -0.39 is 50.6 Å². The van der Waals surface area contributed by atoms with Gasteiger partial charge in [-0.1, -0.05) is 51.1 Å². The zero-order valence-electron chi connectivity index (χ0n) is 24.8. The van der Waals surface area contributed by atoms with Crippen LogP contribution in [0.15, 0.2) is 30.3 Å². The van der Waals surface area contributed by atoms with Gasteiger partial charge in [0.05, 0.1) is 13.2 Å². The maximum atomic E-state index is 6.63. The average Bonchev–Trinajstić information content (AvgIpc) is 2.88. The van der Waals surface area contributed by atoms with Crippen molar-refractivity contribution in [3.05, 3.63) is 35.9 Å². The molecule has 0 N–H and O–H groups in total. The Morgan fingerprint density at radius 3 is 2.08 bits per heavy atom. The van der Waals surface area contributed by atoms with E-state index in [4.69, 9.17) is 42.3 Å². The Balaban J connectivity index is 1.93. The van der Waals surface area contributed by atoms with E-state index in [0.717, 1.165) is 5.56 Å². The van der Waals surface area contributed by atoms with E-state index in [0.29, 0.717) is 19.8 Å². The van der Waals surface area contributed by atoms with Crippen LogP contribution in [0.4, 0.5) is 0 Å². The van der Waals surface area contributed by atoms with Gasteiger partial charge in [0.1, 0.15) is 31.2 Å². The summed E-state index contributed by atoms with van der Waals surface area (Å²) in [5.74, 6) is -2.45. The molecule has 0 aliphatic carbocycles. The van der Waals surface area contributed by atoms with Crippen LogP contribution in [0.1, 0.15) is 47.1 Å². The van der Waals surface area contributed by atoms with Crippen molar-refractivity contribution < 1.29 is 42.3 Å². The molecule has 0 unspecified atom stereocenters. The summed E-state index contributed by atoms with van der Waals surface area (Å²) in [5, 5.41) is 0.0362. The summed E-state index contributed by atoms with van der Waals surface area (Å²) >= 11 is 0. The minimum atomic E-state index is -2.08. The molecule has 0 radical (unpaired) electrons. The lowest BCUT2D eigenvalue weighted by Crippen LogP contribution is -2.73. The van der Waals surface area contributed by atoms with Gasteiger partial charge in [0.15, 0.2) is 14.6 Å². The molecule has 10 heteroatoms. The normalized spacial score (nSPS) is 34.2. The summed E-state index contributed by atoms with van der Waals surface area (Å²) < 4.78 is 56.0. The van der Waals surface area contributed by atoms with Crippen LogP contribution in [0, 0.1) is 0 Å². The lowest BCUT2D eigenvalue weighted by Gasteiger charge is -2.57. The molecular formula is C28H48O9Si. The van der Waals surface area contributed by atoms with Crippen molar-refractivity contribution in [2.75, 3.05) is 34.2 Å². The van der Waals surface area contributed by atoms with Crippen LogP contribution in [-0.4, -0.2) is 84.8 Å². The zero-order chi connectivity index (χ0) is 28.2. The first kappa shape index (κ1) is 31.6. The largest absolute Gasteiger partial charge is 0.414 e. The second kappa shape index (κ2) is 12.7. The molecule has 0 amide bonds. The quantitative estimate of drug-likeness (QED) is 0.204. The van der Waals surface area contributed by atoms with Crippen molar-refractivity contribution in [3.8, 4) is 0 Å². The molecule has 218 valence electrons. The van der Waals surface area contributed by atoms with E-state index in [1.54, 1.807) is 28.1 Å². The molecule has 9 nitrogen and oxygen atoms in total. The third kappa shape index (κ3) is 6.86. The molecule has 2 fully saturated rings. The van der Waals surface area contributed by atoms with E-state index in [1.165, 1.54) is 0 Å². The van der Waals surface area contributed by atoms with Crippen LogP contribution in [0.2, 0.25) is 18.1 Å². The number of fused-ring (bicyclic) bond motifs is 1. The number of rotatable bonds is 12. The van der Waals surface area contributed by atoms with Gasteiger partial charge >= 0.3 is 0 Å². The molecule has 1 aromatic rings. The Hall–Kier alpha value is -0.923. The molecule has 0 aromatic heterocycles. The lowest BCUT2D eigenvalue weighted by atomic mass is 9.94. The highest BCUT2D eigenvalue weighted by molar-refractivity contribution is 6.74. The number of ether oxygens (including phenoxy) is 8. The van der Waals surface area contributed by atoms with Gasteiger partial charge in [-0.05, 0) is 44.5 Å². The van der Waals surface area contributed by atoms with E-state index in [-0.39, 0.29) is 11.8 Å². The minimum Gasteiger partial charge on any atom is -0.414 e. The molecule has 2 aliphatic rings. The van der Waals surface area contributed by atoms with Crippen LogP contribution >= 0.6 is 0 Å². The average molecular weight is 557 g/mol.